The van der Waals surface area contributed by atoms with Crippen LogP contribution < -0.4 is 0 Å². The van der Waals surface area contributed by atoms with Gasteiger partial charge in [-0.25, -0.2) is 4.98 Å². The van der Waals surface area contributed by atoms with Crippen molar-refractivity contribution in [2.45, 2.75) is 39.5 Å². The van der Waals surface area contributed by atoms with E-state index in [4.69, 9.17) is 0 Å². The van der Waals surface area contributed by atoms with Crippen LogP contribution in [0.5, 0.6) is 0 Å². The quantitative estimate of drug-likeness (QED) is 0.855. The first-order valence-electron chi connectivity index (χ1n) is 9.39. The normalized spacial score (nSPS) is 19.4. The van der Waals surface area contributed by atoms with Gasteiger partial charge >= 0.3 is 0 Å². The molecule has 0 saturated carbocycles. The fourth-order valence-corrected chi connectivity index (χ4v) is 3.42. The summed E-state index contributed by atoms with van der Waals surface area (Å²) < 4.78 is 1.73. The van der Waals surface area contributed by atoms with Crippen LogP contribution in [0.1, 0.15) is 26.3 Å². The van der Waals surface area contributed by atoms with Gasteiger partial charge in [0.25, 0.3) is 0 Å². The van der Waals surface area contributed by atoms with Gasteiger partial charge in [0, 0.05) is 39.3 Å². The van der Waals surface area contributed by atoms with E-state index in [2.05, 4.69) is 71.0 Å². The standard InChI is InChI=1S/C20H31N5O/c1-19(2,3)20(26,15-25-17-21-16-22-25)14-24-11-9-23(10-12-24)13-18-7-5-4-6-8-18/h4-8,16-17,26H,9-15H2,1-3H3. The lowest BCUT2D eigenvalue weighted by Crippen LogP contribution is -2.58. The zero-order valence-electron chi connectivity index (χ0n) is 16.2. The Labute approximate surface area is 156 Å². The molecule has 0 radical (unpaired) electrons. The Morgan fingerprint density at radius 2 is 1.62 bits per heavy atom. The summed E-state index contributed by atoms with van der Waals surface area (Å²) in [6.07, 6.45) is 3.19. The Kier molecular flexibility index (Phi) is 5.75. The molecule has 1 fully saturated rings. The van der Waals surface area contributed by atoms with E-state index in [1.54, 1.807) is 11.0 Å². The Morgan fingerprint density at radius 3 is 2.19 bits per heavy atom. The third-order valence-corrected chi connectivity index (χ3v) is 5.49. The van der Waals surface area contributed by atoms with Crippen LogP contribution in [0, 0.1) is 5.41 Å². The maximum absolute atomic E-state index is 11.4. The second kappa shape index (κ2) is 7.86. The molecule has 1 N–H and O–H groups in total. The summed E-state index contributed by atoms with van der Waals surface area (Å²) in [4.78, 5) is 8.87. The number of β-amino-alcohol motifs (C(OH)–C–C–N with tert-alkyl or cyclic N) is 1. The Hall–Kier alpha value is -1.76. The van der Waals surface area contributed by atoms with Crippen molar-refractivity contribution < 1.29 is 5.11 Å². The Bertz CT molecular complexity index is 659. The van der Waals surface area contributed by atoms with Crippen LogP contribution in [-0.2, 0) is 13.1 Å². The van der Waals surface area contributed by atoms with E-state index in [0.29, 0.717) is 13.1 Å². The van der Waals surface area contributed by atoms with E-state index >= 15 is 0 Å². The van der Waals surface area contributed by atoms with Gasteiger partial charge in [0.15, 0.2) is 0 Å². The highest BCUT2D eigenvalue weighted by Crippen LogP contribution is 2.33. The largest absolute Gasteiger partial charge is 0.386 e. The van der Waals surface area contributed by atoms with Gasteiger partial charge in [-0.15, -0.1) is 0 Å². The van der Waals surface area contributed by atoms with Crippen LogP contribution in [0.4, 0.5) is 0 Å². The molecule has 3 rings (SSSR count). The molecule has 1 atom stereocenters. The first kappa shape index (κ1) is 19.0. The van der Waals surface area contributed by atoms with Crippen molar-refractivity contribution in [1.29, 1.82) is 0 Å². The molecular weight excluding hydrogens is 326 g/mol. The maximum atomic E-state index is 11.4. The summed E-state index contributed by atoms with van der Waals surface area (Å²) in [5.74, 6) is 0. The highest BCUT2D eigenvalue weighted by atomic mass is 16.3. The maximum Gasteiger partial charge on any atom is 0.137 e. The van der Waals surface area contributed by atoms with Gasteiger partial charge in [-0.2, -0.15) is 5.10 Å². The summed E-state index contributed by atoms with van der Waals surface area (Å²) in [6.45, 7) is 12.4. The van der Waals surface area contributed by atoms with Crippen molar-refractivity contribution in [3.63, 3.8) is 0 Å². The van der Waals surface area contributed by atoms with Gasteiger partial charge in [0.05, 0.1) is 6.54 Å². The minimum Gasteiger partial charge on any atom is -0.386 e. The van der Waals surface area contributed by atoms with Crippen molar-refractivity contribution >= 4 is 0 Å². The molecule has 0 bridgehead atoms. The lowest BCUT2D eigenvalue weighted by Gasteiger charge is -2.45. The van der Waals surface area contributed by atoms with Gasteiger partial charge in [-0.1, -0.05) is 51.1 Å². The van der Waals surface area contributed by atoms with Crippen molar-refractivity contribution in [2.24, 2.45) is 5.41 Å². The van der Waals surface area contributed by atoms with E-state index in [0.717, 1.165) is 32.7 Å². The average molecular weight is 358 g/mol. The first-order chi connectivity index (χ1) is 12.4. The molecule has 6 nitrogen and oxygen atoms in total. The number of nitrogens with zero attached hydrogens (tertiary/aromatic N) is 5. The van der Waals surface area contributed by atoms with Crippen LogP contribution in [0.3, 0.4) is 0 Å². The summed E-state index contributed by atoms with van der Waals surface area (Å²) in [5, 5.41) is 15.6. The minimum absolute atomic E-state index is 0.250. The average Bonchev–Trinajstić information content (AvgIpc) is 3.09. The Balaban J connectivity index is 1.57. The summed E-state index contributed by atoms with van der Waals surface area (Å²) in [5.41, 5.74) is 0.251. The van der Waals surface area contributed by atoms with Crippen LogP contribution in [0.15, 0.2) is 43.0 Å². The van der Waals surface area contributed by atoms with E-state index in [9.17, 15) is 5.11 Å². The topological polar surface area (TPSA) is 57.4 Å². The second-order valence-corrected chi connectivity index (χ2v) is 8.41. The summed E-state index contributed by atoms with van der Waals surface area (Å²) in [7, 11) is 0. The van der Waals surface area contributed by atoms with Crippen molar-refractivity contribution in [2.75, 3.05) is 32.7 Å². The van der Waals surface area contributed by atoms with Crippen LogP contribution >= 0.6 is 0 Å². The molecule has 142 valence electrons. The molecule has 0 aliphatic carbocycles. The second-order valence-electron chi connectivity index (χ2n) is 8.41. The molecule has 2 heterocycles. The number of rotatable bonds is 6. The lowest BCUT2D eigenvalue weighted by atomic mass is 9.76. The number of hydrogen-bond donors (Lipinski definition) is 1. The van der Waals surface area contributed by atoms with E-state index in [1.165, 1.54) is 11.9 Å². The molecular formula is C20H31N5O. The molecule has 26 heavy (non-hydrogen) atoms. The predicted octanol–water partition coefficient (Wildman–Crippen LogP) is 1.87. The van der Waals surface area contributed by atoms with E-state index in [-0.39, 0.29) is 5.41 Å². The Morgan fingerprint density at radius 1 is 0.962 bits per heavy atom. The van der Waals surface area contributed by atoms with Crippen LogP contribution in [-0.4, -0.2) is 68.0 Å². The highest BCUT2D eigenvalue weighted by molar-refractivity contribution is 5.14. The molecule has 0 spiro atoms. The van der Waals surface area contributed by atoms with Crippen LogP contribution in [0.25, 0.3) is 0 Å². The zero-order valence-corrected chi connectivity index (χ0v) is 16.2. The minimum atomic E-state index is -0.859. The van der Waals surface area contributed by atoms with Crippen molar-refractivity contribution in [3.8, 4) is 0 Å². The lowest BCUT2D eigenvalue weighted by molar-refractivity contribution is -0.0990. The monoisotopic (exact) mass is 357 g/mol. The molecule has 1 aromatic heterocycles. The molecule has 6 heteroatoms. The molecule has 1 aromatic carbocycles. The third-order valence-electron chi connectivity index (χ3n) is 5.49. The number of aliphatic hydroxyl groups is 1. The molecule has 2 aromatic rings. The summed E-state index contributed by atoms with van der Waals surface area (Å²) in [6, 6.07) is 10.6. The summed E-state index contributed by atoms with van der Waals surface area (Å²) >= 11 is 0. The van der Waals surface area contributed by atoms with Crippen molar-refractivity contribution in [3.05, 3.63) is 48.5 Å². The van der Waals surface area contributed by atoms with Gasteiger partial charge < -0.3 is 5.11 Å². The molecule has 0 amide bonds. The van der Waals surface area contributed by atoms with Crippen molar-refractivity contribution in [1.82, 2.24) is 24.6 Å². The first-order valence-corrected chi connectivity index (χ1v) is 9.39. The fraction of sp³-hybridized carbons (Fsp3) is 0.600. The molecule has 1 unspecified atom stereocenters. The van der Waals surface area contributed by atoms with Gasteiger partial charge in [0.1, 0.15) is 18.3 Å². The van der Waals surface area contributed by atoms with E-state index in [1.807, 2.05) is 0 Å². The highest BCUT2D eigenvalue weighted by Gasteiger charge is 2.42. The van der Waals surface area contributed by atoms with Crippen LogP contribution in [0.2, 0.25) is 0 Å². The zero-order chi connectivity index (χ0) is 18.6. The van der Waals surface area contributed by atoms with E-state index < -0.39 is 5.60 Å². The third kappa shape index (κ3) is 4.69. The number of benzene rings is 1. The number of hydrogen-bond acceptors (Lipinski definition) is 5. The number of aromatic nitrogens is 3. The van der Waals surface area contributed by atoms with Gasteiger partial charge in [-0.05, 0) is 11.0 Å². The molecule has 1 saturated heterocycles. The molecule has 1 aliphatic rings. The predicted molar refractivity (Wildman–Crippen MR) is 103 cm³/mol. The fourth-order valence-electron chi connectivity index (χ4n) is 3.42. The molecule has 1 aliphatic heterocycles. The van der Waals surface area contributed by atoms with Gasteiger partial charge in [0.2, 0.25) is 0 Å². The number of piperazine rings is 1. The smallest absolute Gasteiger partial charge is 0.137 e. The SMILES string of the molecule is CC(C)(C)C(O)(CN1CCN(Cc2ccccc2)CC1)Cn1cncn1. The van der Waals surface area contributed by atoms with Gasteiger partial charge in [-0.3, -0.25) is 14.5 Å².